The Balaban J connectivity index is 1.55. The van der Waals surface area contributed by atoms with E-state index in [1.54, 1.807) is 0 Å². The van der Waals surface area contributed by atoms with Crippen LogP contribution >= 0.6 is 15.9 Å². The Bertz CT molecular complexity index is 1570. The van der Waals surface area contributed by atoms with E-state index in [-0.39, 0.29) is 0 Å². The molecular weight excluding hydrogens is 456 g/mol. The van der Waals surface area contributed by atoms with E-state index in [0.29, 0.717) is 0 Å². The largest absolute Gasteiger partial charge is 0.309 e. The van der Waals surface area contributed by atoms with Crippen molar-refractivity contribution < 1.29 is 0 Å². The fraction of sp³-hybridized carbons (Fsp3) is 0. The first-order valence-electron chi connectivity index (χ1n) is 10.6. The molecule has 152 valence electrons. The summed E-state index contributed by atoms with van der Waals surface area (Å²) in [5.41, 5.74) is 8.01. The Labute approximate surface area is 194 Å². The highest BCUT2D eigenvalue weighted by Gasteiger charge is 2.13. The van der Waals surface area contributed by atoms with E-state index >= 15 is 0 Å². The predicted octanol–water partition coefficient (Wildman–Crippen LogP) is 8.28. The molecular formula is C29H19BrN2. The first-order valence-corrected chi connectivity index (χ1v) is 11.4. The summed E-state index contributed by atoms with van der Waals surface area (Å²) in [5.74, 6) is 0. The molecule has 0 saturated heterocycles. The third kappa shape index (κ3) is 3.14. The van der Waals surface area contributed by atoms with Crippen LogP contribution < -0.4 is 0 Å². The van der Waals surface area contributed by atoms with Crippen molar-refractivity contribution in [1.29, 1.82) is 0 Å². The Morgan fingerprint density at radius 1 is 0.594 bits per heavy atom. The summed E-state index contributed by atoms with van der Waals surface area (Å²) in [4.78, 5) is 4.49. The fourth-order valence-electron chi connectivity index (χ4n) is 4.43. The zero-order valence-corrected chi connectivity index (χ0v) is 18.8. The van der Waals surface area contributed by atoms with Crippen molar-refractivity contribution in [2.24, 2.45) is 0 Å². The van der Waals surface area contributed by atoms with Gasteiger partial charge in [-0.2, -0.15) is 0 Å². The third-order valence-corrected chi connectivity index (χ3v) is 6.59. The Hall–Kier alpha value is -3.69. The SMILES string of the molecule is Brc1cc(-c2ccc3c4ccccc4n(-c4ccccc4)c3c2)ccc1-c1ccccn1. The van der Waals surface area contributed by atoms with Gasteiger partial charge < -0.3 is 4.57 Å². The van der Waals surface area contributed by atoms with E-state index in [2.05, 4.69) is 116 Å². The number of aromatic nitrogens is 2. The second-order valence-electron chi connectivity index (χ2n) is 7.83. The number of rotatable bonds is 3. The van der Waals surface area contributed by atoms with Gasteiger partial charge in [0, 0.05) is 32.7 Å². The molecule has 0 saturated carbocycles. The normalized spacial score (nSPS) is 11.3. The highest BCUT2D eigenvalue weighted by Crippen LogP contribution is 2.36. The van der Waals surface area contributed by atoms with Crippen molar-refractivity contribution in [2.75, 3.05) is 0 Å². The van der Waals surface area contributed by atoms with Crippen LogP contribution in [0.25, 0.3) is 49.9 Å². The van der Waals surface area contributed by atoms with E-state index < -0.39 is 0 Å². The molecule has 6 aromatic rings. The van der Waals surface area contributed by atoms with Crippen LogP contribution in [-0.2, 0) is 0 Å². The molecule has 6 rings (SSSR count). The summed E-state index contributed by atoms with van der Waals surface area (Å²) in [6.45, 7) is 0. The summed E-state index contributed by atoms with van der Waals surface area (Å²) in [7, 11) is 0. The third-order valence-electron chi connectivity index (χ3n) is 5.93. The highest BCUT2D eigenvalue weighted by atomic mass is 79.9. The molecule has 32 heavy (non-hydrogen) atoms. The summed E-state index contributed by atoms with van der Waals surface area (Å²) in [6, 6.07) is 38.4. The van der Waals surface area contributed by atoms with E-state index in [4.69, 9.17) is 0 Å². The van der Waals surface area contributed by atoms with Gasteiger partial charge in [-0.05, 0) is 53.6 Å². The number of fused-ring (bicyclic) bond motifs is 3. The van der Waals surface area contributed by atoms with Crippen LogP contribution in [0.15, 0.2) is 120 Å². The number of benzene rings is 4. The zero-order valence-electron chi connectivity index (χ0n) is 17.2. The van der Waals surface area contributed by atoms with E-state index in [0.717, 1.165) is 15.7 Å². The van der Waals surface area contributed by atoms with Crippen molar-refractivity contribution in [1.82, 2.24) is 9.55 Å². The van der Waals surface area contributed by atoms with Crippen LogP contribution in [0.3, 0.4) is 0 Å². The highest BCUT2D eigenvalue weighted by molar-refractivity contribution is 9.10. The summed E-state index contributed by atoms with van der Waals surface area (Å²) >= 11 is 3.76. The molecule has 2 heterocycles. The smallest absolute Gasteiger partial charge is 0.0713 e. The maximum Gasteiger partial charge on any atom is 0.0713 e. The van der Waals surface area contributed by atoms with Crippen molar-refractivity contribution >= 4 is 37.7 Å². The van der Waals surface area contributed by atoms with Gasteiger partial charge in [-0.15, -0.1) is 0 Å². The molecule has 4 aromatic carbocycles. The molecule has 0 bridgehead atoms. The average Bonchev–Trinajstić information content (AvgIpc) is 3.19. The lowest BCUT2D eigenvalue weighted by Crippen LogP contribution is -1.93. The van der Waals surface area contributed by atoms with Crippen molar-refractivity contribution in [2.45, 2.75) is 0 Å². The van der Waals surface area contributed by atoms with Gasteiger partial charge in [0.25, 0.3) is 0 Å². The maximum atomic E-state index is 4.49. The van der Waals surface area contributed by atoms with Gasteiger partial charge in [-0.3, -0.25) is 4.98 Å². The van der Waals surface area contributed by atoms with E-state index in [1.165, 1.54) is 38.6 Å². The molecule has 0 amide bonds. The number of para-hydroxylation sites is 2. The maximum absolute atomic E-state index is 4.49. The molecule has 0 atom stereocenters. The summed E-state index contributed by atoms with van der Waals surface area (Å²) in [6.07, 6.45) is 1.83. The standard InChI is InChI=1S/C29H19BrN2/c30-26-18-20(14-16-25(26)27-11-6-7-17-31-27)21-13-15-24-23-10-4-5-12-28(23)32(29(24)19-21)22-8-2-1-3-9-22/h1-19H. The van der Waals surface area contributed by atoms with Crippen LogP contribution in [0.4, 0.5) is 0 Å². The van der Waals surface area contributed by atoms with Gasteiger partial charge in [0.15, 0.2) is 0 Å². The molecule has 2 aromatic heterocycles. The minimum absolute atomic E-state index is 0.964. The summed E-state index contributed by atoms with van der Waals surface area (Å²) in [5, 5.41) is 2.53. The molecule has 0 N–H and O–H groups in total. The molecule has 0 aliphatic carbocycles. The van der Waals surface area contributed by atoms with Crippen LogP contribution in [0.2, 0.25) is 0 Å². The number of nitrogens with zero attached hydrogens (tertiary/aromatic N) is 2. The lowest BCUT2D eigenvalue weighted by atomic mass is 10.0. The monoisotopic (exact) mass is 474 g/mol. The van der Waals surface area contributed by atoms with Crippen LogP contribution in [-0.4, -0.2) is 9.55 Å². The molecule has 0 aliphatic rings. The van der Waals surface area contributed by atoms with Gasteiger partial charge in [-0.1, -0.05) is 82.7 Å². The fourth-order valence-corrected chi connectivity index (χ4v) is 5.01. The van der Waals surface area contributed by atoms with Gasteiger partial charge in [0.05, 0.1) is 16.7 Å². The first kappa shape index (κ1) is 19.0. The molecule has 0 aliphatic heterocycles. The molecule has 2 nitrogen and oxygen atoms in total. The molecule has 0 radical (unpaired) electrons. The average molecular weight is 475 g/mol. The zero-order chi connectivity index (χ0) is 21.5. The van der Waals surface area contributed by atoms with Crippen molar-refractivity contribution in [3.05, 3.63) is 120 Å². The molecule has 0 fully saturated rings. The topological polar surface area (TPSA) is 17.8 Å². The van der Waals surface area contributed by atoms with Crippen molar-refractivity contribution in [3.63, 3.8) is 0 Å². The molecule has 0 unspecified atom stereocenters. The van der Waals surface area contributed by atoms with Crippen molar-refractivity contribution in [3.8, 4) is 28.1 Å². The lowest BCUT2D eigenvalue weighted by molar-refractivity contribution is 1.18. The number of hydrogen-bond acceptors (Lipinski definition) is 1. The number of halogens is 1. The second-order valence-corrected chi connectivity index (χ2v) is 8.68. The summed E-state index contributed by atoms with van der Waals surface area (Å²) < 4.78 is 3.39. The van der Waals surface area contributed by atoms with Crippen LogP contribution in [0, 0.1) is 0 Å². The van der Waals surface area contributed by atoms with Crippen LogP contribution in [0.5, 0.6) is 0 Å². The quantitative estimate of drug-likeness (QED) is 0.252. The molecule has 3 heteroatoms. The first-order chi connectivity index (χ1) is 15.8. The Morgan fingerprint density at radius 2 is 1.31 bits per heavy atom. The van der Waals surface area contributed by atoms with Gasteiger partial charge in [-0.25, -0.2) is 0 Å². The number of pyridine rings is 1. The van der Waals surface area contributed by atoms with Gasteiger partial charge in [0.1, 0.15) is 0 Å². The van der Waals surface area contributed by atoms with E-state index in [9.17, 15) is 0 Å². The lowest BCUT2D eigenvalue weighted by Gasteiger charge is -2.10. The minimum Gasteiger partial charge on any atom is -0.309 e. The van der Waals surface area contributed by atoms with Gasteiger partial charge >= 0.3 is 0 Å². The Morgan fingerprint density at radius 3 is 2.12 bits per heavy atom. The Kier molecular flexibility index (Phi) is 4.62. The molecule has 0 spiro atoms. The number of hydrogen-bond donors (Lipinski definition) is 0. The van der Waals surface area contributed by atoms with Crippen LogP contribution in [0.1, 0.15) is 0 Å². The predicted molar refractivity (Wildman–Crippen MR) is 137 cm³/mol. The van der Waals surface area contributed by atoms with E-state index in [1.807, 2.05) is 24.4 Å². The minimum atomic E-state index is 0.964. The van der Waals surface area contributed by atoms with Gasteiger partial charge in [0.2, 0.25) is 0 Å². The second kappa shape index (κ2) is 7.77.